The number of hydrogen-bond donors (Lipinski definition) is 1. The first kappa shape index (κ1) is 16.5. The average molecular weight is 274 g/mol. The zero-order chi connectivity index (χ0) is 15.4. The molecule has 0 fully saturated rings. The van der Waals surface area contributed by atoms with Crippen molar-refractivity contribution >= 4 is 12.0 Å². The normalized spacial score (nSPS) is 12.8. The second kappa shape index (κ2) is 6.25. The molecule has 0 radical (unpaired) electrons. The van der Waals surface area contributed by atoms with Gasteiger partial charge < -0.3 is 5.11 Å². The molecule has 2 nitrogen and oxygen atoms in total. The van der Waals surface area contributed by atoms with E-state index in [1.54, 1.807) is 12.1 Å². The number of carboxylic acid groups (broad SMARTS) is 1. The minimum Gasteiger partial charge on any atom is -0.478 e. The predicted molar refractivity (Wildman–Crippen MR) is 84.9 cm³/mol. The van der Waals surface area contributed by atoms with E-state index in [0.717, 1.165) is 12.0 Å². The maximum Gasteiger partial charge on any atom is 0.335 e. The van der Waals surface area contributed by atoms with Crippen LogP contribution in [-0.2, 0) is 0 Å². The van der Waals surface area contributed by atoms with Gasteiger partial charge in [-0.25, -0.2) is 4.79 Å². The maximum absolute atomic E-state index is 10.8. The summed E-state index contributed by atoms with van der Waals surface area (Å²) in [4.78, 5) is 10.8. The molecule has 0 heterocycles. The molecule has 0 unspecified atom stereocenters. The van der Waals surface area contributed by atoms with Gasteiger partial charge in [0.1, 0.15) is 0 Å². The van der Waals surface area contributed by atoms with Gasteiger partial charge in [-0.05, 0) is 41.4 Å². The standard InChI is InChI=1S/C18H26O2/c1-17(2,3)13-18(4,5)12-6-7-14-8-10-15(11-9-14)16(19)20/h6-11H,12-13H2,1-5H3,(H,19,20)/b7-6-. The average Bonchev–Trinajstić information content (AvgIpc) is 2.26. The van der Waals surface area contributed by atoms with Crippen molar-refractivity contribution in [3.8, 4) is 0 Å². The number of benzene rings is 1. The smallest absolute Gasteiger partial charge is 0.335 e. The Morgan fingerprint density at radius 2 is 1.65 bits per heavy atom. The maximum atomic E-state index is 10.8. The third kappa shape index (κ3) is 6.05. The molecule has 0 atom stereocenters. The van der Waals surface area contributed by atoms with Crippen molar-refractivity contribution in [1.29, 1.82) is 0 Å². The van der Waals surface area contributed by atoms with Gasteiger partial charge in [-0.2, -0.15) is 0 Å². The van der Waals surface area contributed by atoms with Crippen molar-refractivity contribution < 1.29 is 9.90 Å². The van der Waals surface area contributed by atoms with Crippen molar-refractivity contribution in [3.05, 3.63) is 41.5 Å². The van der Waals surface area contributed by atoms with Crippen molar-refractivity contribution in [2.45, 2.75) is 47.5 Å². The van der Waals surface area contributed by atoms with Crippen LogP contribution in [0.2, 0.25) is 0 Å². The van der Waals surface area contributed by atoms with E-state index in [9.17, 15) is 4.79 Å². The zero-order valence-corrected chi connectivity index (χ0v) is 13.2. The SMILES string of the molecule is CC(C)(C)CC(C)(C)C/C=C\c1ccc(C(=O)O)cc1. The highest BCUT2D eigenvalue weighted by molar-refractivity contribution is 5.87. The van der Waals surface area contributed by atoms with Gasteiger partial charge in [0, 0.05) is 0 Å². The predicted octanol–water partition coefficient (Wildman–Crippen LogP) is 5.25. The molecule has 0 bridgehead atoms. The van der Waals surface area contributed by atoms with Crippen LogP contribution in [0.4, 0.5) is 0 Å². The van der Waals surface area contributed by atoms with Crippen LogP contribution in [0.5, 0.6) is 0 Å². The lowest BCUT2D eigenvalue weighted by atomic mass is 9.74. The van der Waals surface area contributed by atoms with Gasteiger partial charge in [0.05, 0.1) is 5.56 Å². The van der Waals surface area contributed by atoms with E-state index in [4.69, 9.17) is 5.11 Å². The van der Waals surface area contributed by atoms with Crippen molar-refractivity contribution in [3.63, 3.8) is 0 Å². The molecule has 0 saturated heterocycles. The van der Waals surface area contributed by atoms with E-state index >= 15 is 0 Å². The van der Waals surface area contributed by atoms with Gasteiger partial charge in [-0.3, -0.25) is 0 Å². The van der Waals surface area contributed by atoms with Crippen LogP contribution in [0, 0.1) is 10.8 Å². The Balaban J connectivity index is 2.62. The van der Waals surface area contributed by atoms with Gasteiger partial charge in [0.25, 0.3) is 0 Å². The first-order valence-electron chi connectivity index (χ1n) is 7.09. The molecule has 1 aromatic rings. The summed E-state index contributed by atoms with van der Waals surface area (Å²) in [5, 5.41) is 8.85. The van der Waals surface area contributed by atoms with Crippen LogP contribution in [-0.4, -0.2) is 11.1 Å². The molecule has 0 aliphatic carbocycles. The number of carboxylic acids is 1. The van der Waals surface area contributed by atoms with Crippen LogP contribution in [0.15, 0.2) is 30.3 Å². The Hall–Kier alpha value is -1.57. The molecule has 0 aliphatic rings. The molecule has 2 heteroatoms. The van der Waals surface area contributed by atoms with Crippen molar-refractivity contribution in [2.24, 2.45) is 10.8 Å². The Morgan fingerprint density at radius 3 is 2.10 bits per heavy atom. The minimum absolute atomic E-state index is 0.274. The molecule has 0 amide bonds. The van der Waals surface area contributed by atoms with Gasteiger partial charge in [-0.1, -0.05) is 58.9 Å². The van der Waals surface area contributed by atoms with E-state index in [1.165, 1.54) is 6.42 Å². The number of hydrogen-bond acceptors (Lipinski definition) is 1. The zero-order valence-electron chi connectivity index (χ0n) is 13.2. The van der Waals surface area contributed by atoms with Crippen molar-refractivity contribution in [1.82, 2.24) is 0 Å². The Bertz CT molecular complexity index is 473. The number of carbonyl (C=O) groups is 1. The lowest BCUT2D eigenvalue weighted by molar-refractivity contribution is 0.0697. The second-order valence-electron chi connectivity index (χ2n) is 7.44. The molecule has 0 aliphatic heterocycles. The van der Waals surface area contributed by atoms with Crippen LogP contribution < -0.4 is 0 Å². The van der Waals surface area contributed by atoms with Gasteiger partial charge >= 0.3 is 5.97 Å². The van der Waals surface area contributed by atoms with E-state index in [1.807, 2.05) is 12.1 Å². The monoisotopic (exact) mass is 274 g/mol. The molecule has 0 aromatic heterocycles. The fourth-order valence-electron chi connectivity index (χ4n) is 2.76. The Morgan fingerprint density at radius 1 is 1.10 bits per heavy atom. The molecule has 20 heavy (non-hydrogen) atoms. The molecular formula is C18H26O2. The quantitative estimate of drug-likeness (QED) is 0.796. The molecule has 110 valence electrons. The summed E-state index contributed by atoms with van der Waals surface area (Å²) in [5.41, 5.74) is 1.98. The second-order valence-corrected chi connectivity index (χ2v) is 7.44. The molecule has 1 rings (SSSR count). The lowest BCUT2D eigenvalue weighted by Gasteiger charge is -2.31. The van der Waals surface area contributed by atoms with E-state index in [2.05, 4.69) is 46.8 Å². The highest BCUT2D eigenvalue weighted by atomic mass is 16.4. The Labute approximate surface area is 122 Å². The Kier molecular flexibility index (Phi) is 5.15. The van der Waals surface area contributed by atoms with Gasteiger partial charge in [0.2, 0.25) is 0 Å². The van der Waals surface area contributed by atoms with E-state index in [-0.39, 0.29) is 5.41 Å². The summed E-state index contributed by atoms with van der Waals surface area (Å²) >= 11 is 0. The van der Waals surface area contributed by atoms with Gasteiger partial charge in [0.15, 0.2) is 0 Å². The summed E-state index contributed by atoms with van der Waals surface area (Å²) in [6, 6.07) is 6.97. The molecular weight excluding hydrogens is 248 g/mol. The summed E-state index contributed by atoms with van der Waals surface area (Å²) in [6.07, 6.45) is 6.44. The van der Waals surface area contributed by atoms with Crippen LogP contribution in [0.1, 0.15) is 63.4 Å². The minimum atomic E-state index is -0.883. The molecule has 0 saturated carbocycles. The van der Waals surface area contributed by atoms with Crippen LogP contribution in [0.25, 0.3) is 6.08 Å². The third-order valence-electron chi connectivity index (χ3n) is 3.15. The van der Waals surface area contributed by atoms with E-state index in [0.29, 0.717) is 11.0 Å². The molecule has 1 N–H and O–H groups in total. The van der Waals surface area contributed by atoms with Crippen LogP contribution in [0.3, 0.4) is 0 Å². The number of rotatable bonds is 5. The summed E-state index contributed by atoms with van der Waals surface area (Å²) in [5.74, 6) is -0.883. The first-order valence-corrected chi connectivity index (χ1v) is 7.09. The van der Waals surface area contributed by atoms with Crippen molar-refractivity contribution in [2.75, 3.05) is 0 Å². The lowest BCUT2D eigenvalue weighted by Crippen LogP contribution is -2.19. The van der Waals surface area contributed by atoms with Crippen LogP contribution >= 0.6 is 0 Å². The summed E-state index contributed by atoms with van der Waals surface area (Å²) < 4.78 is 0. The van der Waals surface area contributed by atoms with Gasteiger partial charge in [-0.15, -0.1) is 0 Å². The highest BCUT2D eigenvalue weighted by Crippen LogP contribution is 2.36. The number of aromatic carboxylic acids is 1. The fraction of sp³-hybridized carbons (Fsp3) is 0.500. The third-order valence-corrected chi connectivity index (χ3v) is 3.15. The molecule has 0 spiro atoms. The fourth-order valence-corrected chi connectivity index (χ4v) is 2.76. The number of allylic oxidation sites excluding steroid dienone is 1. The molecule has 1 aromatic carbocycles. The highest BCUT2D eigenvalue weighted by Gasteiger charge is 2.23. The first-order chi connectivity index (χ1) is 9.09. The summed E-state index contributed by atoms with van der Waals surface area (Å²) in [6.45, 7) is 11.4. The topological polar surface area (TPSA) is 37.3 Å². The largest absolute Gasteiger partial charge is 0.478 e. The summed E-state index contributed by atoms with van der Waals surface area (Å²) in [7, 11) is 0. The van der Waals surface area contributed by atoms with E-state index < -0.39 is 5.97 Å².